The maximum absolute atomic E-state index is 12.2. The van der Waals surface area contributed by atoms with E-state index < -0.39 is 0 Å². The molecule has 0 aliphatic heterocycles. The Morgan fingerprint density at radius 3 is 2.86 bits per heavy atom. The fraction of sp³-hybridized carbons (Fsp3) is 0.375. The number of halogens is 1. The molecule has 1 aromatic carbocycles. The molecule has 2 rings (SSSR count). The van der Waals surface area contributed by atoms with Crippen molar-refractivity contribution >= 4 is 21.8 Å². The van der Waals surface area contributed by atoms with Gasteiger partial charge in [0.2, 0.25) is 0 Å². The van der Waals surface area contributed by atoms with E-state index in [4.69, 9.17) is 0 Å². The summed E-state index contributed by atoms with van der Waals surface area (Å²) in [6, 6.07) is 7.83. The molecule has 0 unspecified atom stereocenters. The van der Waals surface area contributed by atoms with E-state index in [-0.39, 0.29) is 5.91 Å². The lowest BCUT2D eigenvalue weighted by atomic mass is 10.2. The summed E-state index contributed by atoms with van der Waals surface area (Å²) in [5, 5.41) is 10.5. The highest BCUT2D eigenvalue weighted by Crippen LogP contribution is 2.18. The fourth-order valence-electron chi connectivity index (χ4n) is 2.16. The van der Waals surface area contributed by atoms with Gasteiger partial charge < -0.3 is 10.6 Å². The summed E-state index contributed by atoms with van der Waals surface area (Å²) < 4.78 is 2.75. The average molecular weight is 365 g/mol. The maximum atomic E-state index is 12.2. The van der Waals surface area contributed by atoms with Crippen LogP contribution < -0.4 is 10.6 Å². The van der Waals surface area contributed by atoms with Gasteiger partial charge in [0.25, 0.3) is 5.91 Å². The van der Waals surface area contributed by atoms with Crippen molar-refractivity contribution in [2.75, 3.05) is 19.6 Å². The lowest BCUT2D eigenvalue weighted by Gasteiger charge is -2.07. The van der Waals surface area contributed by atoms with E-state index in [2.05, 4.69) is 38.6 Å². The minimum atomic E-state index is -0.0861. The van der Waals surface area contributed by atoms with Gasteiger partial charge in [-0.15, -0.1) is 0 Å². The molecule has 22 heavy (non-hydrogen) atoms. The predicted molar refractivity (Wildman–Crippen MR) is 91.5 cm³/mol. The van der Waals surface area contributed by atoms with Crippen molar-refractivity contribution in [1.82, 2.24) is 20.4 Å². The van der Waals surface area contributed by atoms with Crippen molar-refractivity contribution in [3.05, 3.63) is 46.2 Å². The molecule has 0 aliphatic rings. The summed E-state index contributed by atoms with van der Waals surface area (Å²) in [5.74, 6) is -0.0861. The summed E-state index contributed by atoms with van der Waals surface area (Å²) in [5.41, 5.74) is 2.36. The van der Waals surface area contributed by atoms with Gasteiger partial charge in [-0.05, 0) is 38.1 Å². The normalized spacial score (nSPS) is 10.7. The molecular formula is C16H21BrN4O. The molecule has 0 radical (unpaired) electrons. The first-order valence-corrected chi connectivity index (χ1v) is 8.22. The molecule has 6 heteroatoms. The summed E-state index contributed by atoms with van der Waals surface area (Å²) in [6.45, 7) is 6.37. The third-order valence-corrected chi connectivity index (χ3v) is 3.81. The zero-order valence-electron chi connectivity index (χ0n) is 12.9. The standard InChI is InChI=1S/C16H21BrN4O/c1-3-7-18-8-9-19-16(22)15-11-20-21(12(15)2)14-6-4-5-13(17)10-14/h4-6,10-11,18H,3,7-9H2,1-2H3,(H,19,22). The van der Waals surface area contributed by atoms with Gasteiger partial charge in [0.1, 0.15) is 0 Å². The molecule has 0 aliphatic carbocycles. The maximum Gasteiger partial charge on any atom is 0.254 e. The Kier molecular flexibility index (Phi) is 6.15. The monoisotopic (exact) mass is 364 g/mol. The molecule has 1 heterocycles. The third kappa shape index (κ3) is 4.18. The van der Waals surface area contributed by atoms with Crippen LogP contribution in [0.4, 0.5) is 0 Å². The first-order chi connectivity index (χ1) is 10.6. The molecule has 0 fully saturated rings. The Balaban J connectivity index is 2.03. The van der Waals surface area contributed by atoms with E-state index in [9.17, 15) is 4.79 Å². The largest absolute Gasteiger partial charge is 0.351 e. The van der Waals surface area contributed by atoms with Gasteiger partial charge >= 0.3 is 0 Å². The molecule has 0 atom stereocenters. The Bertz CT molecular complexity index is 639. The minimum Gasteiger partial charge on any atom is -0.351 e. The second kappa shape index (κ2) is 8.10. The highest BCUT2D eigenvalue weighted by atomic mass is 79.9. The lowest BCUT2D eigenvalue weighted by Crippen LogP contribution is -2.32. The van der Waals surface area contributed by atoms with Crippen LogP contribution in [0, 0.1) is 6.92 Å². The molecule has 1 amide bonds. The molecule has 118 valence electrons. The average Bonchev–Trinajstić information content (AvgIpc) is 2.88. The van der Waals surface area contributed by atoms with Crippen molar-refractivity contribution in [2.24, 2.45) is 0 Å². The molecule has 2 N–H and O–H groups in total. The smallest absolute Gasteiger partial charge is 0.254 e. The van der Waals surface area contributed by atoms with E-state index >= 15 is 0 Å². The van der Waals surface area contributed by atoms with E-state index in [1.165, 1.54) is 0 Å². The molecule has 0 spiro atoms. The van der Waals surface area contributed by atoms with Gasteiger partial charge in [-0.1, -0.05) is 28.9 Å². The quantitative estimate of drug-likeness (QED) is 0.742. The Morgan fingerprint density at radius 1 is 1.32 bits per heavy atom. The summed E-state index contributed by atoms with van der Waals surface area (Å²) in [7, 11) is 0. The van der Waals surface area contributed by atoms with Crippen molar-refractivity contribution in [1.29, 1.82) is 0 Å². The molecule has 0 bridgehead atoms. The third-order valence-electron chi connectivity index (χ3n) is 3.32. The summed E-state index contributed by atoms with van der Waals surface area (Å²) in [4.78, 5) is 12.2. The van der Waals surface area contributed by atoms with Gasteiger partial charge in [-0.2, -0.15) is 5.10 Å². The second-order valence-corrected chi connectivity index (χ2v) is 5.96. The number of hydrogen-bond donors (Lipinski definition) is 2. The molecule has 0 saturated carbocycles. The number of carbonyl (C=O) groups excluding carboxylic acids is 1. The first-order valence-electron chi connectivity index (χ1n) is 7.43. The van der Waals surface area contributed by atoms with Crippen LogP contribution in [0.1, 0.15) is 29.4 Å². The summed E-state index contributed by atoms with van der Waals surface area (Å²) >= 11 is 3.45. The van der Waals surface area contributed by atoms with Gasteiger partial charge in [0.05, 0.1) is 23.1 Å². The topological polar surface area (TPSA) is 58.9 Å². The van der Waals surface area contributed by atoms with Crippen molar-refractivity contribution in [2.45, 2.75) is 20.3 Å². The van der Waals surface area contributed by atoms with E-state index in [1.807, 2.05) is 31.2 Å². The van der Waals surface area contributed by atoms with Crippen LogP contribution in [0.5, 0.6) is 0 Å². The van der Waals surface area contributed by atoms with E-state index in [0.717, 1.165) is 35.4 Å². The molecule has 5 nitrogen and oxygen atoms in total. The number of aromatic nitrogens is 2. The van der Waals surface area contributed by atoms with Crippen molar-refractivity contribution in [3.8, 4) is 5.69 Å². The Morgan fingerprint density at radius 2 is 2.14 bits per heavy atom. The van der Waals surface area contributed by atoms with E-state index in [1.54, 1.807) is 10.9 Å². The van der Waals surface area contributed by atoms with Crippen LogP contribution in [-0.2, 0) is 0 Å². The van der Waals surface area contributed by atoms with Crippen LogP contribution in [0.2, 0.25) is 0 Å². The van der Waals surface area contributed by atoms with Gasteiger partial charge in [-0.25, -0.2) is 4.68 Å². The van der Waals surface area contributed by atoms with Crippen LogP contribution in [0.3, 0.4) is 0 Å². The molecule has 2 aromatic rings. The van der Waals surface area contributed by atoms with E-state index in [0.29, 0.717) is 12.1 Å². The highest BCUT2D eigenvalue weighted by Gasteiger charge is 2.14. The number of hydrogen-bond acceptors (Lipinski definition) is 3. The SMILES string of the molecule is CCCNCCNC(=O)c1cnn(-c2cccc(Br)c2)c1C. The number of nitrogens with one attached hydrogen (secondary N) is 2. The number of rotatable bonds is 7. The fourth-order valence-corrected chi connectivity index (χ4v) is 2.55. The molecule has 1 aromatic heterocycles. The number of amides is 1. The Hall–Kier alpha value is -1.66. The van der Waals surface area contributed by atoms with Gasteiger partial charge in [0.15, 0.2) is 0 Å². The number of carbonyl (C=O) groups is 1. The zero-order chi connectivity index (χ0) is 15.9. The second-order valence-electron chi connectivity index (χ2n) is 5.04. The van der Waals surface area contributed by atoms with Crippen LogP contribution >= 0.6 is 15.9 Å². The number of nitrogens with zero attached hydrogens (tertiary/aromatic N) is 2. The number of benzene rings is 1. The van der Waals surface area contributed by atoms with Crippen LogP contribution in [-0.4, -0.2) is 35.3 Å². The highest BCUT2D eigenvalue weighted by molar-refractivity contribution is 9.10. The zero-order valence-corrected chi connectivity index (χ0v) is 14.5. The van der Waals surface area contributed by atoms with Gasteiger partial charge in [-0.3, -0.25) is 4.79 Å². The Labute approximate surface area is 139 Å². The molecule has 0 saturated heterocycles. The van der Waals surface area contributed by atoms with Crippen molar-refractivity contribution < 1.29 is 4.79 Å². The lowest BCUT2D eigenvalue weighted by molar-refractivity contribution is 0.0953. The predicted octanol–water partition coefficient (Wildman–Crippen LogP) is 2.67. The minimum absolute atomic E-state index is 0.0861. The van der Waals surface area contributed by atoms with Gasteiger partial charge in [0, 0.05) is 17.6 Å². The first kappa shape index (κ1) is 16.7. The van der Waals surface area contributed by atoms with Crippen LogP contribution in [0.15, 0.2) is 34.9 Å². The van der Waals surface area contributed by atoms with Crippen LogP contribution in [0.25, 0.3) is 5.69 Å². The van der Waals surface area contributed by atoms with Crippen molar-refractivity contribution in [3.63, 3.8) is 0 Å². The summed E-state index contributed by atoms with van der Waals surface area (Å²) in [6.07, 6.45) is 2.71. The molecular weight excluding hydrogens is 344 g/mol.